The Bertz CT molecular complexity index is 618. The molecule has 1 N–H and O–H groups in total. The van der Waals surface area contributed by atoms with Crippen LogP contribution in [0, 0.1) is 6.92 Å². The zero-order valence-electron chi connectivity index (χ0n) is 11.9. The third kappa shape index (κ3) is 3.18. The van der Waals surface area contributed by atoms with Gasteiger partial charge < -0.3 is 9.88 Å². The smallest absolute Gasteiger partial charge is 0.0925 e. The first-order chi connectivity index (χ1) is 10.1. The second kappa shape index (κ2) is 6.26. The zero-order chi connectivity index (χ0) is 14.8. The molecule has 21 heavy (non-hydrogen) atoms. The maximum atomic E-state index is 6.30. The molecule has 1 aromatic heterocycles. The molecule has 1 aromatic carbocycles. The molecule has 0 bridgehead atoms. The quantitative estimate of drug-likeness (QED) is 0.940. The Morgan fingerprint density at radius 2 is 1.95 bits per heavy atom. The number of piperazine rings is 1. The molecule has 2 heterocycles. The highest BCUT2D eigenvalue weighted by molar-refractivity contribution is 6.43. The number of halogens is 2. The van der Waals surface area contributed by atoms with Crippen molar-refractivity contribution in [2.45, 2.75) is 13.5 Å². The standard InChI is InChI=1S/C15H18Cl2N4/c1-11-13(19-10-18-11)9-20-5-7-21(8-6-20)14-4-2-3-12(16)15(14)17/h2-4,10H,5-9H2,1H3,(H,18,19). The largest absolute Gasteiger partial charge is 0.368 e. The number of hydrogen-bond donors (Lipinski definition) is 1. The van der Waals surface area contributed by atoms with Gasteiger partial charge in [0.1, 0.15) is 0 Å². The number of aromatic amines is 1. The van der Waals surface area contributed by atoms with Crippen molar-refractivity contribution in [3.8, 4) is 0 Å². The van der Waals surface area contributed by atoms with E-state index in [1.807, 2.05) is 18.2 Å². The average Bonchev–Trinajstić information content (AvgIpc) is 2.88. The molecule has 1 aliphatic rings. The first-order valence-electron chi connectivity index (χ1n) is 7.05. The van der Waals surface area contributed by atoms with E-state index in [0.717, 1.165) is 49.8 Å². The summed E-state index contributed by atoms with van der Waals surface area (Å²) in [7, 11) is 0. The molecule has 0 spiro atoms. The maximum Gasteiger partial charge on any atom is 0.0925 e. The molecule has 3 rings (SSSR count). The second-order valence-corrected chi connectivity index (χ2v) is 6.10. The summed E-state index contributed by atoms with van der Waals surface area (Å²) in [6.07, 6.45) is 1.76. The molecule has 1 fully saturated rings. The van der Waals surface area contributed by atoms with Gasteiger partial charge >= 0.3 is 0 Å². The van der Waals surface area contributed by atoms with Gasteiger partial charge in [-0.3, -0.25) is 4.90 Å². The third-order valence-corrected chi connectivity index (χ3v) is 4.76. The topological polar surface area (TPSA) is 35.2 Å². The number of aromatic nitrogens is 2. The monoisotopic (exact) mass is 324 g/mol. The van der Waals surface area contributed by atoms with E-state index >= 15 is 0 Å². The van der Waals surface area contributed by atoms with Crippen LogP contribution in [0.4, 0.5) is 5.69 Å². The first kappa shape index (κ1) is 14.7. The van der Waals surface area contributed by atoms with E-state index in [-0.39, 0.29) is 0 Å². The molecular weight excluding hydrogens is 307 g/mol. The molecule has 0 radical (unpaired) electrons. The highest BCUT2D eigenvalue weighted by Gasteiger charge is 2.20. The van der Waals surface area contributed by atoms with Crippen LogP contribution in [-0.4, -0.2) is 41.0 Å². The van der Waals surface area contributed by atoms with E-state index in [1.54, 1.807) is 6.33 Å². The number of benzene rings is 1. The Morgan fingerprint density at radius 1 is 1.19 bits per heavy atom. The molecule has 1 aliphatic heterocycles. The predicted molar refractivity (Wildman–Crippen MR) is 87.3 cm³/mol. The molecule has 2 aromatic rings. The Morgan fingerprint density at radius 3 is 2.62 bits per heavy atom. The van der Waals surface area contributed by atoms with Crippen molar-refractivity contribution in [3.05, 3.63) is 46.0 Å². The molecule has 112 valence electrons. The number of anilines is 1. The Hall–Kier alpha value is -1.23. The summed E-state index contributed by atoms with van der Waals surface area (Å²) in [5, 5.41) is 1.26. The van der Waals surface area contributed by atoms with E-state index in [2.05, 4.69) is 26.7 Å². The minimum absolute atomic E-state index is 0.615. The molecule has 4 nitrogen and oxygen atoms in total. The summed E-state index contributed by atoms with van der Waals surface area (Å²) in [5.74, 6) is 0. The van der Waals surface area contributed by atoms with Crippen molar-refractivity contribution in [2.75, 3.05) is 31.1 Å². The summed E-state index contributed by atoms with van der Waals surface area (Å²) in [6.45, 7) is 6.84. The summed E-state index contributed by atoms with van der Waals surface area (Å²) in [5.41, 5.74) is 3.30. The molecule has 0 unspecified atom stereocenters. The normalized spacial score (nSPS) is 16.4. The van der Waals surface area contributed by atoms with Crippen molar-refractivity contribution in [1.29, 1.82) is 0 Å². The number of H-pyrrole nitrogens is 1. The minimum Gasteiger partial charge on any atom is -0.368 e. The molecule has 1 saturated heterocycles. The molecule has 0 saturated carbocycles. The van der Waals surface area contributed by atoms with E-state index in [0.29, 0.717) is 10.0 Å². The van der Waals surface area contributed by atoms with Crippen LogP contribution in [0.3, 0.4) is 0 Å². The van der Waals surface area contributed by atoms with Gasteiger partial charge in [-0.15, -0.1) is 0 Å². The number of rotatable bonds is 3. The summed E-state index contributed by atoms with van der Waals surface area (Å²) >= 11 is 12.4. The summed E-state index contributed by atoms with van der Waals surface area (Å²) in [4.78, 5) is 12.2. The van der Waals surface area contributed by atoms with Crippen molar-refractivity contribution < 1.29 is 0 Å². The first-order valence-corrected chi connectivity index (χ1v) is 7.81. The van der Waals surface area contributed by atoms with Crippen LogP contribution < -0.4 is 4.90 Å². The number of nitrogens with zero attached hydrogens (tertiary/aromatic N) is 3. The van der Waals surface area contributed by atoms with Gasteiger partial charge in [-0.25, -0.2) is 4.98 Å². The van der Waals surface area contributed by atoms with Crippen LogP contribution in [0.15, 0.2) is 24.5 Å². The van der Waals surface area contributed by atoms with Gasteiger partial charge in [0, 0.05) is 38.4 Å². The second-order valence-electron chi connectivity index (χ2n) is 5.31. The van der Waals surface area contributed by atoms with Crippen molar-refractivity contribution in [1.82, 2.24) is 14.9 Å². The van der Waals surface area contributed by atoms with Crippen LogP contribution in [0.25, 0.3) is 0 Å². The van der Waals surface area contributed by atoms with Gasteiger partial charge in [0.2, 0.25) is 0 Å². The van der Waals surface area contributed by atoms with Gasteiger partial charge in [0.15, 0.2) is 0 Å². The fourth-order valence-corrected chi connectivity index (χ4v) is 3.06. The summed E-state index contributed by atoms with van der Waals surface area (Å²) in [6, 6.07) is 5.80. The van der Waals surface area contributed by atoms with Gasteiger partial charge in [0.05, 0.1) is 27.8 Å². The number of aryl methyl sites for hydroxylation is 1. The van der Waals surface area contributed by atoms with E-state index in [4.69, 9.17) is 23.2 Å². The van der Waals surface area contributed by atoms with Crippen LogP contribution in [0.5, 0.6) is 0 Å². The number of nitrogens with one attached hydrogen (secondary N) is 1. The molecular formula is C15H18Cl2N4. The lowest BCUT2D eigenvalue weighted by molar-refractivity contribution is 0.247. The lowest BCUT2D eigenvalue weighted by Gasteiger charge is -2.36. The fourth-order valence-electron chi connectivity index (χ4n) is 2.64. The molecule has 0 aliphatic carbocycles. The average molecular weight is 325 g/mol. The van der Waals surface area contributed by atoms with Crippen LogP contribution in [0.1, 0.15) is 11.4 Å². The van der Waals surface area contributed by atoms with E-state index in [9.17, 15) is 0 Å². The predicted octanol–water partition coefficient (Wildman–Crippen LogP) is 3.35. The van der Waals surface area contributed by atoms with Gasteiger partial charge in [0.25, 0.3) is 0 Å². The Balaban J connectivity index is 1.63. The van der Waals surface area contributed by atoms with Crippen LogP contribution >= 0.6 is 23.2 Å². The number of imidazole rings is 1. The fraction of sp³-hybridized carbons (Fsp3) is 0.400. The lowest BCUT2D eigenvalue weighted by Crippen LogP contribution is -2.46. The van der Waals surface area contributed by atoms with Crippen LogP contribution in [-0.2, 0) is 6.54 Å². The Kier molecular flexibility index (Phi) is 4.38. The highest BCUT2D eigenvalue weighted by atomic mass is 35.5. The van der Waals surface area contributed by atoms with E-state index < -0.39 is 0 Å². The Labute approximate surface area is 134 Å². The lowest BCUT2D eigenvalue weighted by atomic mass is 10.2. The van der Waals surface area contributed by atoms with Gasteiger partial charge in [-0.05, 0) is 19.1 Å². The van der Waals surface area contributed by atoms with Crippen LogP contribution in [0.2, 0.25) is 10.0 Å². The molecule has 0 amide bonds. The number of hydrogen-bond acceptors (Lipinski definition) is 3. The van der Waals surface area contributed by atoms with Crippen molar-refractivity contribution >= 4 is 28.9 Å². The van der Waals surface area contributed by atoms with Crippen molar-refractivity contribution in [3.63, 3.8) is 0 Å². The van der Waals surface area contributed by atoms with Gasteiger partial charge in [-0.1, -0.05) is 29.3 Å². The SMILES string of the molecule is Cc1[nH]cnc1CN1CCN(c2cccc(Cl)c2Cl)CC1. The molecule has 6 heteroatoms. The minimum atomic E-state index is 0.615. The highest BCUT2D eigenvalue weighted by Crippen LogP contribution is 2.32. The summed E-state index contributed by atoms with van der Waals surface area (Å²) < 4.78 is 0. The van der Waals surface area contributed by atoms with Crippen molar-refractivity contribution in [2.24, 2.45) is 0 Å². The zero-order valence-corrected chi connectivity index (χ0v) is 13.5. The van der Waals surface area contributed by atoms with Gasteiger partial charge in [-0.2, -0.15) is 0 Å². The maximum absolute atomic E-state index is 6.30. The van der Waals surface area contributed by atoms with E-state index in [1.165, 1.54) is 0 Å². The third-order valence-electron chi connectivity index (χ3n) is 3.95. The molecule has 0 atom stereocenters.